The minimum atomic E-state index is 0.448. The third-order valence-corrected chi connectivity index (χ3v) is 5.16. The highest BCUT2D eigenvalue weighted by Crippen LogP contribution is 2.41. The second kappa shape index (κ2) is 6.30. The summed E-state index contributed by atoms with van der Waals surface area (Å²) in [7, 11) is 2.13. The maximum atomic E-state index is 3.56. The van der Waals surface area contributed by atoms with Gasteiger partial charge in [-0.05, 0) is 62.5 Å². The van der Waals surface area contributed by atoms with Crippen LogP contribution in [0.25, 0.3) is 0 Å². The standard InChI is InChI=1S/C19H31N/c1-14-7-6-8-15(11-14)12-16-13-17(19(2,3)4)9-10-18(16)20-5/h6-8,11,16-18,20H,9-10,12-13H2,1-5H3. The monoisotopic (exact) mass is 273 g/mol. The van der Waals surface area contributed by atoms with Crippen molar-refractivity contribution in [1.29, 1.82) is 0 Å². The molecule has 0 aliphatic heterocycles. The predicted octanol–water partition coefficient (Wildman–Crippen LogP) is 4.59. The van der Waals surface area contributed by atoms with Gasteiger partial charge >= 0.3 is 0 Å². The number of hydrogen-bond acceptors (Lipinski definition) is 1. The van der Waals surface area contributed by atoms with E-state index in [0.717, 1.165) is 11.8 Å². The molecule has 3 atom stereocenters. The van der Waals surface area contributed by atoms with E-state index in [0.29, 0.717) is 11.5 Å². The maximum absolute atomic E-state index is 3.56. The van der Waals surface area contributed by atoms with Crippen molar-refractivity contribution in [3.63, 3.8) is 0 Å². The number of benzene rings is 1. The van der Waals surface area contributed by atoms with E-state index in [1.54, 1.807) is 0 Å². The molecule has 0 spiro atoms. The van der Waals surface area contributed by atoms with Crippen LogP contribution in [0.1, 0.15) is 51.2 Å². The fourth-order valence-electron chi connectivity index (χ4n) is 3.80. The number of rotatable bonds is 3. The maximum Gasteiger partial charge on any atom is 0.00957 e. The van der Waals surface area contributed by atoms with E-state index in [1.807, 2.05) is 0 Å². The minimum absolute atomic E-state index is 0.448. The average molecular weight is 273 g/mol. The third kappa shape index (κ3) is 3.85. The molecule has 0 bridgehead atoms. The van der Waals surface area contributed by atoms with E-state index in [2.05, 4.69) is 64.3 Å². The highest BCUT2D eigenvalue weighted by Gasteiger charge is 2.35. The summed E-state index contributed by atoms with van der Waals surface area (Å²) in [5.41, 5.74) is 3.33. The van der Waals surface area contributed by atoms with Gasteiger partial charge in [0.15, 0.2) is 0 Å². The van der Waals surface area contributed by atoms with Crippen LogP contribution in [0, 0.1) is 24.2 Å². The molecule has 1 fully saturated rings. The Balaban J connectivity index is 2.09. The zero-order chi connectivity index (χ0) is 14.8. The Morgan fingerprint density at radius 1 is 1.20 bits per heavy atom. The highest BCUT2D eigenvalue weighted by atomic mass is 14.9. The molecule has 0 saturated heterocycles. The summed E-state index contributed by atoms with van der Waals surface area (Å²) in [4.78, 5) is 0. The average Bonchev–Trinajstić information content (AvgIpc) is 2.37. The van der Waals surface area contributed by atoms with Crippen LogP contribution in [0.15, 0.2) is 24.3 Å². The number of hydrogen-bond donors (Lipinski definition) is 1. The Morgan fingerprint density at radius 2 is 1.95 bits per heavy atom. The fourth-order valence-corrected chi connectivity index (χ4v) is 3.80. The minimum Gasteiger partial charge on any atom is -0.317 e. The van der Waals surface area contributed by atoms with Crippen molar-refractivity contribution in [2.75, 3.05) is 7.05 Å². The summed E-state index contributed by atoms with van der Waals surface area (Å²) in [5, 5.41) is 3.56. The lowest BCUT2D eigenvalue weighted by Gasteiger charge is -2.42. The zero-order valence-electron chi connectivity index (χ0n) is 13.9. The normalized spacial score (nSPS) is 27.6. The van der Waals surface area contributed by atoms with Gasteiger partial charge in [-0.3, -0.25) is 0 Å². The molecule has 20 heavy (non-hydrogen) atoms. The van der Waals surface area contributed by atoms with Crippen LogP contribution < -0.4 is 5.32 Å². The fraction of sp³-hybridized carbons (Fsp3) is 0.684. The molecular formula is C19H31N. The van der Waals surface area contributed by atoms with Gasteiger partial charge in [-0.2, -0.15) is 0 Å². The van der Waals surface area contributed by atoms with Gasteiger partial charge in [0.25, 0.3) is 0 Å². The first-order valence-electron chi connectivity index (χ1n) is 8.13. The summed E-state index contributed by atoms with van der Waals surface area (Å²) in [6.45, 7) is 9.40. The first-order valence-corrected chi connectivity index (χ1v) is 8.13. The van der Waals surface area contributed by atoms with Gasteiger partial charge < -0.3 is 5.32 Å². The van der Waals surface area contributed by atoms with E-state index in [1.165, 1.54) is 36.8 Å². The molecule has 1 aliphatic rings. The second-order valence-electron chi connectivity index (χ2n) is 7.72. The molecule has 3 unspecified atom stereocenters. The Bertz CT molecular complexity index is 430. The van der Waals surface area contributed by atoms with Crippen LogP contribution >= 0.6 is 0 Å². The van der Waals surface area contributed by atoms with Crippen molar-refractivity contribution in [2.24, 2.45) is 17.3 Å². The van der Waals surface area contributed by atoms with E-state index in [9.17, 15) is 0 Å². The lowest BCUT2D eigenvalue weighted by molar-refractivity contribution is 0.117. The lowest BCUT2D eigenvalue weighted by Crippen LogP contribution is -2.42. The molecule has 1 nitrogen and oxygen atoms in total. The van der Waals surface area contributed by atoms with Crippen molar-refractivity contribution in [2.45, 2.75) is 59.4 Å². The number of aryl methyl sites for hydroxylation is 1. The van der Waals surface area contributed by atoms with Crippen LogP contribution in [-0.2, 0) is 6.42 Å². The smallest absolute Gasteiger partial charge is 0.00957 e. The summed E-state index contributed by atoms with van der Waals surface area (Å²) in [6.07, 6.45) is 5.29. The molecule has 0 aromatic heterocycles. The Kier molecular flexibility index (Phi) is 4.90. The van der Waals surface area contributed by atoms with Crippen LogP contribution in [-0.4, -0.2) is 13.1 Å². The van der Waals surface area contributed by atoms with Crippen LogP contribution in [0.5, 0.6) is 0 Å². The zero-order valence-corrected chi connectivity index (χ0v) is 13.9. The Labute approximate surface area is 125 Å². The second-order valence-corrected chi connectivity index (χ2v) is 7.72. The van der Waals surface area contributed by atoms with Gasteiger partial charge in [0.05, 0.1) is 0 Å². The molecule has 1 aromatic rings. The highest BCUT2D eigenvalue weighted by molar-refractivity contribution is 5.23. The van der Waals surface area contributed by atoms with Gasteiger partial charge in [0, 0.05) is 6.04 Å². The number of nitrogens with one attached hydrogen (secondary N) is 1. The summed E-state index contributed by atoms with van der Waals surface area (Å²) >= 11 is 0. The van der Waals surface area contributed by atoms with E-state index in [-0.39, 0.29) is 0 Å². The van der Waals surface area contributed by atoms with Crippen molar-refractivity contribution in [3.05, 3.63) is 35.4 Å². The topological polar surface area (TPSA) is 12.0 Å². The van der Waals surface area contributed by atoms with Gasteiger partial charge in [0.2, 0.25) is 0 Å². The lowest BCUT2D eigenvalue weighted by atomic mass is 9.66. The molecule has 0 heterocycles. The molecule has 1 heteroatoms. The molecule has 1 saturated carbocycles. The summed E-state index contributed by atoms with van der Waals surface area (Å²) in [5.74, 6) is 1.64. The first-order chi connectivity index (χ1) is 9.40. The van der Waals surface area contributed by atoms with Crippen molar-refractivity contribution >= 4 is 0 Å². The largest absolute Gasteiger partial charge is 0.317 e. The molecule has 0 radical (unpaired) electrons. The van der Waals surface area contributed by atoms with Crippen LogP contribution in [0.2, 0.25) is 0 Å². The van der Waals surface area contributed by atoms with E-state index < -0.39 is 0 Å². The molecular weight excluding hydrogens is 242 g/mol. The van der Waals surface area contributed by atoms with Gasteiger partial charge in [-0.25, -0.2) is 0 Å². The SMILES string of the molecule is CNC1CCC(C(C)(C)C)CC1Cc1cccc(C)c1. The van der Waals surface area contributed by atoms with Crippen molar-refractivity contribution in [1.82, 2.24) is 5.32 Å². The first kappa shape index (κ1) is 15.6. The molecule has 112 valence electrons. The Morgan fingerprint density at radius 3 is 2.55 bits per heavy atom. The predicted molar refractivity (Wildman–Crippen MR) is 88.0 cm³/mol. The molecule has 0 amide bonds. The molecule has 1 aliphatic carbocycles. The van der Waals surface area contributed by atoms with Crippen LogP contribution in [0.4, 0.5) is 0 Å². The van der Waals surface area contributed by atoms with E-state index >= 15 is 0 Å². The van der Waals surface area contributed by atoms with Gasteiger partial charge in [-0.15, -0.1) is 0 Å². The molecule has 1 aromatic carbocycles. The summed E-state index contributed by atoms with van der Waals surface area (Å²) < 4.78 is 0. The van der Waals surface area contributed by atoms with Gasteiger partial charge in [-0.1, -0.05) is 50.6 Å². The van der Waals surface area contributed by atoms with E-state index in [4.69, 9.17) is 0 Å². The molecule has 2 rings (SSSR count). The summed E-state index contributed by atoms with van der Waals surface area (Å²) in [6, 6.07) is 9.73. The third-order valence-electron chi connectivity index (χ3n) is 5.16. The Hall–Kier alpha value is -0.820. The quantitative estimate of drug-likeness (QED) is 0.849. The van der Waals surface area contributed by atoms with Crippen LogP contribution in [0.3, 0.4) is 0 Å². The van der Waals surface area contributed by atoms with Crippen molar-refractivity contribution in [3.8, 4) is 0 Å². The van der Waals surface area contributed by atoms with Gasteiger partial charge in [0.1, 0.15) is 0 Å². The van der Waals surface area contributed by atoms with Crippen molar-refractivity contribution < 1.29 is 0 Å². The molecule has 1 N–H and O–H groups in total.